The van der Waals surface area contributed by atoms with Gasteiger partial charge in [0.05, 0.1) is 7.11 Å². The summed E-state index contributed by atoms with van der Waals surface area (Å²) >= 11 is 0. The van der Waals surface area contributed by atoms with Crippen LogP contribution in [0.2, 0.25) is 0 Å². The van der Waals surface area contributed by atoms with Gasteiger partial charge in [-0.15, -0.1) is 0 Å². The molecule has 192 valence electrons. The molecule has 4 aliphatic rings. The number of hydrogen-bond acceptors (Lipinski definition) is 7. The van der Waals surface area contributed by atoms with Gasteiger partial charge < -0.3 is 24.2 Å². The molecule has 2 heterocycles. The van der Waals surface area contributed by atoms with E-state index in [9.17, 15) is 14.3 Å². The number of likely N-dealkylation sites (N-methyl/N-ethyl adjacent to an activating group) is 1. The van der Waals surface area contributed by atoms with Crippen molar-refractivity contribution in [3.63, 3.8) is 0 Å². The van der Waals surface area contributed by atoms with Gasteiger partial charge in [0.25, 0.3) is 0 Å². The van der Waals surface area contributed by atoms with E-state index in [0.29, 0.717) is 29.8 Å². The third kappa shape index (κ3) is 3.64. The maximum atomic E-state index is 13.1. The molecule has 10 heteroatoms. The van der Waals surface area contributed by atoms with E-state index in [-0.39, 0.29) is 17.1 Å². The van der Waals surface area contributed by atoms with E-state index in [1.165, 1.54) is 30.2 Å². The number of ether oxygens (including phenoxy) is 2. The Kier molecular flexibility index (Phi) is 5.61. The highest BCUT2D eigenvalue weighted by Gasteiger charge is 2.66. The van der Waals surface area contributed by atoms with E-state index in [1.54, 1.807) is 19.2 Å². The van der Waals surface area contributed by atoms with Gasteiger partial charge in [-0.2, -0.15) is 0 Å². The van der Waals surface area contributed by atoms with E-state index in [2.05, 4.69) is 23.3 Å². The van der Waals surface area contributed by atoms with Crippen LogP contribution in [-0.2, 0) is 25.7 Å². The van der Waals surface area contributed by atoms with E-state index >= 15 is 0 Å². The number of carbonyl (C=O) groups excluding carboxylic acids is 1. The molecule has 2 aromatic carbocycles. The van der Waals surface area contributed by atoms with Crippen LogP contribution in [0.25, 0.3) is 0 Å². The van der Waals surface area contributed by atoms with Crippen molar-refractivity contribution in [3.05, 3.63) is 47.5 Å². The standard InChI is InChI=1S/C26H31N2O7P/c1-15(29)27-17-5-7-18(8-6-17)34-36(30,31)35-22-11-9-19-20-14-16-4-10-21(32-3)24-23(16)26(19,25(22)33-24)12-13-28(20)2/h4-8,10,19-20,22,25H,9,11-14H2,1-3H3,(H,27,29)(H,30,31)/t19-,20+,22-,25-,26-/m0/s1. The van der Waals surface area contributed by atoms with E-state index in [0.717, 1.165) is 31.6 Å². The van der Waals surface area contributed by atoms with Crippen molar-refractivity contribution < 1.29 is 32.8 Å². The Hall–Kier alpha value is -2.58. The van der Waals surface area contributed by atoms with Gasteiger partial charge in [0.15, 0.2) is 11.5 Å². The lowest BCUT2D eigenvalue weighted by molar-refractivity contribution is -0.114. The summed E-state index contributed by atoms with van der Waals surface area (Å²) in [4.78, 5) is 24.4. The first-order valence-electron chi connectivity index (χ1n) is 12.4. The molecular formula is C26H31N2O7P. The molecule has 1 amide bonds. The molecule has 1 saturated carbocycles. The van der Waals surface area contributed by atoms with Gasteiger partial charge in [0.1, 0.15) is 18.0 Å². The second kappa shape index (κ2) is 8.48. The highest BCUT2D eigenvalue weighted by molar-refractivity contribution is 7.47. The van der Waals surface area contributed by atoms with Crippen molar-refractivity contribution >= 4 is 19.4 Å². The van der Waals surface area contributed by atoms with Crippen LogP contribution in [0, 0.1) is 5.92 Å². The minimum Gasteiger partial charge on any atom is -0.493 e. The first-order valence-corrected chi connectivity index (χ1v) is 13.9. The number of carbonyl (C=O) groups is 1. The van der Waals surface area contributed by atoms with Gasteiger partial charge in [0, 0.05) is 29.6 Å². The van der Waals surface area contributed by atoms with Gasteiger partial charge in [-0.3, -0.25) is 14.2 Å². The summed E-state index contributed by atoms with van der Waals surface area (Å²) in [7, 11) is -0.635. The van der Waals surface area contributed by atoms with E-state index in [1.807, 2.05) is 6.07 Å². The topological polar surface area (TPSA) is 107 Å². The van der Waals surface area contributed by atoms with Gasteiger partial charge in [0.2, 0.25) is 5.91 Å². The molecular weight excluding hydrogens is 483 g/mol. The number of phosphoric acid groups is 1. The molecule has 2 bridgehead atoms. The highest BCUT2D eigenvalue weighted by Crippen LogP contribution is 2.65. The molecule has 6 atom stereocenters. The number of benzene rings is 2. The quantitative estimate of drug-likeness (QED) is 0.560. The van der Waals surface area contributed by atoms with E-state index < -0.39 is 20.0 Å². The Morgan fingerprint density at radius 3 is 2.72 bits per heavy atom. The van der Waals surface area contributed by atoms with Crippen LogP contribution in [0.5, 0.6) is 17.2 Å². The molecule has 2 aliphatic carbocycles. The van der Waals surface area contributed by atoms with Crippen molar-refractivity contribution in [1.29, 1.82) is 0 Å². The summed E-state index contributed by atoms with van der Waals surface area (Å²) in [5.74, 6) is 1.80. The predicted molar refractivity (Wildman–Crippen MR) is 133 cm³/mol. The Bertz CT molecular complexity index is 1250. The molecule has 1 unspecified atom stereocenters. The molecule has 2 aliphatic heterocycles. The zero-order valence-electron chi connectivity index (χ0n) is 20.6. The maximum absolute atomic E-state index is 13.1. The zero-order chi connectivity index (χ0) is 25.2. The average Bonchev–Trinajstić information content (AvgIpc) is 3.18. The summed E-state index contributed by atoms with van der Waals surface area (Å²) in [6.07, 6.45) is 2.33. The van der Waals surface area contributed by atoms with Crippen molar-refractivity contribution in [2.45, 2.75) is 56.3 Å². The Labute approximate surface area is 210 Å². The van der Waals surface area contributed by atoms with Crippen LogP contribution in [0.4, 0.5) is 5.69 Å². The predicted octanol–water partition coefficient (Wildman–Crippen LogP) is 3.89. The Morgan fingerprint density at radius 1 is 1.22 bits per heavy atom. The smallest absolute Gasteiger partial charge is 0.493 e. The zero-order valence-corrected chi connectivity index (χ0v) is 21.5. The van der Waals surface area contributed by atoms with Crippen molar-refractivity contribution in [3.8, 4) is 17.2 Å². The number of nitrogens with one attached hydrogen (secondary N) is 1. The number of hydrogen-bond donors (Lipinski definition) is 2. The number of methoxy groups -OCH3 is 1. The van der Waals surface area contributed by atoms with Gasteiger partial charge in [-0.05, 0) is 81.1 Å². The first kappa shape index (κ1) is 23.8. The van der Waals surface area contributed by atoms with Crippen molar-refractivity contribution in [1.82, 2.24) is 4.90 Å². The second-order valence-corrected chi connectivity index (χ2v) is 11.6. The SMILES string of the molecule is COc1ccc2c3c1O[C@H]1[C@@H](OP(=O)(O)Oc4ccc(NC(C)=O)cc4)CC[C@H]4[C@@H](C2)N(C)CC[C@@]341. The molecule has 2 fully saturated rings. The number of rotatable bonds is 6. The van der Waals surface area contributed by atoms with Gasteiger partial charge >= 0.3 is 7.82 Å². The number of likely N-dealkylation sites (tertiary alicyclic amines) is 1. The summed E-state index contributed by atoms with van der Waals surface area (Å²) in [6.45, 7) is 2.34. The van der Waals surface area contributed by atoms with Crippen LogP contribution in [0.1, 0.15) is 37.3 Å². The largest absolute Gasteiger partial charge is 0.527 e. The van der Waals surface area contributed by atoms with Gasteiger partial charge in [-0.1, -0.05) is 6.07 Å². The van der Waals surface area contributed by atoms with Crippen molar-refractivity contribution in [2.24, 2.45) is 5.92 Å². The van der Waals surface area contributed by atoms with Crippen LogP contribution in [0.15, 0.2) is 36.4 Å². The molecule has 6 rings (SSSR count). The second-order valence-electron chi connectivity index (χ2n) is 10.3. The normalized spacial score (nSPS) is 31.6. The number of phosphoric ester groups is 1. The maximum Gasteiger partial charge on any atom is 0.527 e. The lowest BCUT2D eigenvalue weighted by Gasteiger charge is -2.58. The van der Waals surface area contributed by atoms with Crippen LogP contribution in [0.3, 0.4) is 0 Å². The molecule has 2 aromatic rings. The number of amides is 1. The summed E-state index contributed by atoms with van der Waals surface area (Å²) in [5, 5.41) is 2.65. The highest BCUT2D eigenvalue weighted by atomic mass is 31.2. The molecule has 0 radical (unpaired) electrons. The first-order chi connectivity index (χ1) is 17.2. The molecule has 36 heavy (non-hydrogen) atoms. The van der Waals surface area contributed by atoms with Crippen LogP contribution < -0.4 is 19.3 Å². The molecule has 1 saturated heterocycles. The minimum absolute atomic E-state index is 0.179. The van der Waals surface area contributed by atoms with Crippen molar-refractivity contribution in [2.75, 3.05) is 26.0 Å². The summed E-state index contributed by atoms with van der Waals surface area (Å²) in [6, 6.07) is 10.8. The fourth-order valence-electron chi connectivity index (χ4n) is 7.08. The lowest BCUT2D eigenvalue weighted by Crippen LogP contribution is -2.66. The number of nitrogens with zero attached hydrogens (tertiary/aromatic N) is 1. The summed E-state index contributed by atoms with van der Waals surface area (Å²) < 4.78 is 36.7. The van der Waals surface area contributed by atoms with Gasteiger partial charge in [-0.25, -0.2) is 4.57 Å². The number of piperidine rings is 1. The fourth-order valence-corrected chi connectivity index (χ4v) is 8.07. The monoisotopic (exact) mass is 514 g/mol. The lowest BCUT2D eigenvalue weighted by atomic mass is 9.51. The molecule has 0 aromatic heterocycles. The number of anilines is 1. The van der Waals surface area contributed by atoms with Crippen LogP contribution >= 0.6 is 7.82 Å². The molecule has 1 spiro atoms. The Morgan fingerprint density at radius 2 is 2.00 bits per heavy atom. The third-order valence-electron chi connectivity index (χ3n) is 8.41. The minimum atomic E-state index is -4.46. The van der Waals surface area contributed by atoms with Crippen LogP contribution in [-0.4, -0.2) is 54.7 Å². The molecule has 9 nitrogen and oxygen atoms in total. The fraction of sp³-hybridized carbons (Fsp3) is 0.500. The van der Waals surface area contributed by atoms with E-state index in [4.69, 9.17) is 18.5 Å². The average molecular weight is 515 g/mol. The summed E-state index contributed by atoms with van der Waals surface area (Å²) in [5.41, 5.74) is 2.76. The third-order valence-corrected chi connectivity index (χ3v) is 9.39. The molecule has 2 N–H and O–H groups in total. The Balaban J connectivity index is 1.29.